The summed E-state index contributed by atoms with van der Waals surface area (Å²) in [6.45, 7) is 5.37. The lowest BCUT2D eigenvalue weighted by molar-refractivity contribution is 0.0604. The van der Waals surface area contributed by atoms with E-state index in [2.05, 4.69) is 15.3 Å². The Morgan fingerprint density at radius 3 is 2.73 bits per heavy atom. The van der Waals surface area contributed by atoms with Crippen molar-refractivity contribution in [1.29, 1.82) is 0 Å². The molecule has 3 atom stereocenters. The number of aliphatic imine (C=N–C) groups is 1. The summed E-state index contributed by atoms with van der Waals surface area (Å²) >= 11 is 1.44. The molecule has 8 nitrogen and oxygen atoms in total. The summed E-state index contributed by atoms with van der Waals surface area (Å²) in [6, 6.07) is 5.24. The summed E-state index contributed by atoms with van der Waals surface area (Å²) in [5.41, 5.74) is 0.827. The van der Waals surface area contributed by atoms with Crippen molar-refractivity contribution in [3.05, 3.63) is 23.8 Å². The smallest absolute Gasteiger partial charge is 0.433 e. The zero-order valence-corrected chi connectivity index (χ0v) is 18.7. The van der Waals surface area contributed by atoms with Gasteiger partial charge in [-0.1, -0.05) is 11.3 Å². The third-order valence-electron chi connectivity index (χ3n) is 4.70. The zero-order valence-electron chi connectivity index (χ0n) is 17.9. The third kappa shape index (κ3) is 5.54. The molecule has 0 spiro atoms. The van der Waals surface area contributed by atoms with Crippen molar-refractivity contribution in [3.8, 4) is 0 Å². The molecule has 162 valence electrons. The van der Waals surface area contributed by atoms with Gasteiger partial charge in [0.1, 0.15) is 5.60 Å². The third-order valence-corrected chi connectivity index (χ3v) is 5.65. The fourth-order valence-electron chi connectivity index (χ4n) is 3.32. The number of rotatable bonds is 4. The second kappa shape index (κ2) is 8.69. The summed E-state index contributed by atoms with van der Waals surface area (Å²) in [7, 11) is 3.44. The Morgan fingerprint density at radius 2 is 2.07 bits per heavy atom. The highest BCUT2D eigenvalue weighted by Gasteiger charge is 2.33. The first kappa shape index (κ1) is 22.2. The van der Waals surface area contributed by atoms with Crippen molar-refractivity contribution in [2.75, 3.05) is 19.4 Å². The number of benzene rings is 1. The molecule has 0 bridgehead atoms. The van der Waals surface area contributed by atoms with Gasteiger partial charge in [0.2, 0.25) is 0 Å². The largest absolute Gasteiger partial charge is 0.442 e. The van der Waals surface area contributed by atoms with Crippen LogP contribution in [0, 0.1) is 5.92 Å². The van der Waals surface area contributed by atoms with Crippen LogP contribution in [0.25, 0.3) is 10.2 Å². The molecule has 1 saturated carbocycles. The number of aliphatic hydroxyl groups is 1. The average Bonchev–Trinajstić information content (AvgIpc) is 3.20. The van der Waals surface area contributed by atoms with Gasteiger partial charge in [-0.15, -0.1) is 0 Å². The number of hydrogen-bond acceptors (Lipinski definition) is 7. The number of thiazole rings is 1. The van der Waals surface area contributed by atoms with Crippen LogP contribution in [-0.2, 0) is 4.74 Å². The highest BCUT2D eigenvalue weighted by Crippen LogP contribution is 2.32. The van der Waals surface area contributed by atoms with Gasteiger partial charge in [0.15, 0.2) is 5.13 Å². The van der Waals surface area contributed by atoms with E-state index in [1.165, 1.54) is 16.2 Å². The first-order chi connectivity index (χ1) is 14.0. The van der Waals surface area contributed by atoms with Crippen LogP contribution >= 0.6 is 11.3 Å². The molecule has 1 aliphatic carbocycles. The highest BCUT2D eigenvalue weighted by atomic mass is 32.1. The van der Waals surface area contributed by atoms with Crippen LogP contribution < -0.4 is 5.32 Å². The van der Waals surface area contributed by atoms with E-state index < -0.39 is 17.8 Å². The van der Waals surface area contributed by atoms with E-state index in [4.69, 9.17) is 4.74 Å². The van der Waals surface area contributed by atoms with Gasteiger partial charge in [-0.2, -0.15) is 4.99 Å². The molecule has 1 unspecified atom stereocenters. The predicted molar refractivity (Wildman–Crippen MR) is 119 cm³/mol. The number of ether oxygens (including phenoxy) is 1. The first-order valence-corrected chi connectivity index (χ1v) is 10.7. The van der Waals surface area contributed by atoms with Crippen LogP contribution in [0.3, 0.4) is 0 Å². The van der Waals surface area contributed by atoms with Gasteiger partial charge in [0.25, 0.3) is 5.91 Å². The van der Waals surface area contributed by atoms with E-state index in [9.17, 15) is 14.7 Å². The summed E-state index contributed by atoms with van der Waals surface area (Å²) in [5, 5.41) is 14.4. The minimum Gasteiger partial charge on any atom is -0.442 e. The molecular weight excluding hydrogens is 404 g/mol. The Bertz CT molecular complexity index is 964. The second-order valence-electron chi connectivity index (χ2n) is 8.71. The van der Waals surface area contributed by atoms with Crippen molar-refractivity contribution in [2.45, 2.75) is 51.4 Å². The minimum atomic E-state index is -0.623. The summed E-state index contributed by atoms with van der Waals surface area (Å²) in [6.07, 6.45) is 1.52. The van der Waals surface area contributed by atoms with Gasteiger partial charge < -0.3 is 20.1 Å². The average molecular weight is 433 g/mol. The number of carbonyl (C=O) groups excluding carboxylic acids is 2. The van der Waals surface area contributed by atoms with Crippen molar-refractivity contribution in [3.63, 3.8) is 0 Å². The number of hydrogen-bond donors (Lipinski definition) is 2. The van der Waals surface area contributed by atoms with Gasteiger partial charge >= 0.3 is 6.09 Å². The molecule has 30 heavy (non-hydrogen) atoms. The number of aromatic nitrogens is 1. The number of amides is 2. The zero-order chi connectivity index (χ0) is 22.1. The number of aliphatic hydroxyl groups excluding tert-OH is 1. The van der Waals surface area contributed by atoms with E-state index in [1.54, 1.807) is 47.1 Å². The van der Waals surface area contributed by atoms with E-state index in [-0.39, 0.29) is 17.9 Å². The van der Waals surface area contributed by atoms with Crippen LogP contribution in [0.4, 0.5) is 9.93 Å². The molecule has 0 radical (unpaired) electrons. The fraction of sp³-hybridized carbons (Fsp3) is 0.524. The molecule has 9 heteroatoms. The number of nitrogens with zero attached hydrogens (tertiary/aromatic N) is 3. The predicted octanol–water partition coefficient (Wildman–Crippen LogP) is 3.56. The molecule has 0 saturated heterocycles. The van der Waals surface area contributed by atoms with Gasteiger partial charge in [0, 0.05) is 25.9 Å². The van der Waals surface area contributed by atoms with Crippen LogP contribution in [0.5, 0.6) is 0 Å². The molecule has 3 rings (SSSR count). The maximum Gasteiger partial charge on any atom is 0.433 e. The second-order valence-corrected chi connectivity index (χ2v) is 9.74. The Balaban J connectivity index is 1.64. The first-order valence-electron chi connectivity index (χ1n) is 9.86. The number of fused-ring (bicyclic) bond motifs is 1. The number of anilines is 1. The van der Waals surface area contributed by atoms with Gasteiger partial charge in [0.05, 0.1) is 22.4 Å². The van der Waals surface area contributed by atoms with Crippen LogP contribution in [0.2, 0.25) is 0 Å². The molecule has 2 aromatic rings. The normalized spacial score (nSPS) is 21.9. The standard InChI is InChI=1S/C21H28N4O4S/c1-21(2,3)29-20(28)22-11-12-8-15(16(26)9-12)24-19-23-14-7-6-13(10-17(14)30-19)18(27)25(4)5/h6-7,10-12,15-16,26H,8-9H2,1-5H3,(H,23,24)/b22-11-/t12?,15-,16-/m1/s1. The lowest BCUT2D eigenvalue weighted by atomic mass is 10.1. The van der Waals surface area contributed by atoms with Crippen molar-refractivity contribution < 1.29 is 19.4 Å². The van der Waals surface area contributed by atoms with E-state index in [0.29, 0.717) is 23.5 Å². The lowest BCUT2D eigenvalue weighted by Gasteiger charge is -2.17. The number of carbonyl (C=O) groups is 2. The Morgan fingerprint density at radius 1 is 1.33 bits per heavy atom. The van der Waals surface area contributed by atoms with Crippen LogP contribution in [-0.4, -0.2) is 65.0 Å². The maximum atomic E-state index is 12.2. The molecule has 0 aliphatic heterocycles. The minimum absolute atomic E-state index is 0.0243. The quantitative estimate of drug-likeness (QED) is 0.716. The SMILES string of the molecule is CN(C)C(=O)c1ccc2nc(N[C@@H]3CC(/C=N\C(=O)OC(C)(C)C)C[C@H]3O)sc2c1. The van der Waals surface area contributed by atoms with Crippen LogP contribution in [0.15, 0.2) is 23.2 Å². The van der Waals surface area contributed by atoms with E-state index in [1.807, 2.05) is 12.1 Å². The molecule has 1 heterocycles. The van der Waals surface area contributed by atoms with Gasteiger partial charge in [-0.05, 0) is 57.7 Å². The van der Waals surface area contributed by atoms with Gasteiger partial charge in [-0.25, -0.2) is 9.78 Å². The summed E-state index contributed by atoms with van der Waals surface area (Å²) < 4.78 is 6.07. The molecule has 2 N–H and O–H groups in total. The molecule has 1 aliphatic rings. The topological polar surface area (TPSA) is 104 Å². The fourth-order valence-corrected chi connectivity index (χ4v) is 4.29. The lowest BCUT2D eigenvalue weighted by Crippen LogP contribution is -2.27. The van der Waals surface area contributed by atoms with Crippen LogP contribution in [0.1, 0.15) is 44.0 Å². The Kier molecular flexibility index (Phi) is 6.42. The van der Waals surface area contributed by atoms with Crippen molar-refractivity contribution in [2.24, 2.45) is 10.9 Å². The molecule has 1 aromatic heterocycles. The molecular formula is C21H28N4O4S. The maximum absolute atomic E-state index is 12.2. The monoisotopic (exact) mass is 432 g/mol. The van der Waals surface area contributed by atoms with Crippen molar-refractivity contribution in [1.82, 2.24) is 9.88 Å². The van der Waals surface area contributed by atoms with Gasteiger partial charge in [-0.3, -0.25) is 4.79 Å². The number of nitrogens with one attached hydrogen (secondary N) is 1. The summed E-state index contributed by atoms with van der Waals surface area (Å²) in [5.74, 6) is -0.0816. The molecule has 1 aromatic carbocycles. The van der Waals surface area contributed by atoms with Crippen molar-refractivity contribution >= 4 is 44.9 Å². The molecule has 2 amide bonds. The van der Waals surface area contributed by atoms with E-state index in [0.717, 1.165) is 10.2 Å². The Hall–Kier alpha value is -2.52. The summed E-state index contributed by atoms with van der Waals surface area (Å²) in [4.78, 5) is 33.9. The Labute approximate surface area is 180 Å². The molecule has 1 fully saturated rings. The van der Waals surface area contributed by atoms with E-state index >= 15 is 0 Å². The highest BCUT2D eigenvalue weighted by molar-refractivity contribution is 7.22.